The van der Waals surface area contributed by atoms with Crippen LogP contribution in [0.4, 0.5) is 0 Å². The maximum absolute atomic E-state index is 4.20. The molecule has 0 saturated heterocycles. The van der Waals surface area contributed by atoms with Crippen LogP contribution in [-0.2, 0) is 6.54 Å². The van der Waals surface area contributed by atoms with Crippen molar-refractivity contribution in [1.29, 1.82) is 0 Å². The van der Waals surface area contributed by atoms with Gasteiger partial charge in [0, 0.05) is 24.0 Å². The smallest absolute Gasteiger partial charge is 0.115 e. The van der Waals surface area contributed by atoms with Crippen LogP contribution < -0.4 is 5.32 Å². The highest BCUT2D eigenvalue weighted by atomic mass is 32.2. The van der Waals surface area contributed by atoms with Crippen molar-refractivity contribution in [2.24, 2.45) is 0 Å². The van der Waals surface area contributed by atoms with Crippen LogP contribution in [0.25, 0.3) is 0 Å². The van der Waals surface area contributed by atoms with E-state index in [9.17, 15) is 0 Å². The number of aromatic nitrogens is 2. The average molecular weight is 239 g/mol. The van der Waals surface area contributed by atoms with Crippen LogP contribution in [0, 0.1) is 0 Å². The molecule has 0 unspecified atom stereocenters. The summed E-state index contributed by atoms with van der Waals surface area (Å²) in [5.41, 5.74) is 1.05. The zero-order valence-corrected chi connectivity index (χ0v) is 11.2. The lowest BCUT2D eigenvalue weighted by atomic mass is 10.0. The van der Waals surface area contributed by atoms with Gasteiger partial charge >= 0.3 is 0 Å². The lowest BCUT2D eigenvalue weighted by Gasteiger charge is -2.29. The number of hydrogen-bond acceptors (Lipinski definition) is 4. The van der Waals surface area contributed by atoms with Gasteiger partial charge < -0.3 is 5.32 Å². The van der Waals surface area contributed by atoms with Crippen LogP contribution in [0.2, 0.25) is 0 Å². The predicted octanol–water partition coefficient (Wildman–Crippen LogP) is 2.49. The Hall–Kier alpha value is -0.610. The van der Waals surface area contributed by atoms with Crippen LogP contribution in [0.15, 0.2) is 18.6 Å². The van der Waals surface area contributed by atoms with Gasteiger partial charge in [-0.2, -0.15) is 11.8 Å². The van der Waals surface area contributed by atoms with Gasteiger partial charge in [0.1, 0.15) is 6.33 Å². The monoisotopic (exact) mass is 239 g/mol. The van der Waals surface area contributed by atoms with Gasteiger partial charge in [-0.25, -0.2) is 9.97 Å². The van der Waals surface area contributed by atoms with Crippen LogP contribution in [0.3, 0.4) is 0 Å². The molecule has 16 heavy (non-hydrogen) atoms. The second-order valence-corrected chi connectivity index (χ2v) is 5.17. The molecule has 0 aliphatic rings. The number of nitrogens with zero attached hydrogens (tertiary/aromatic N) is 2. The van der Waals surface area contributed by atoms with Gasteiger partial charge in [0.25, 0.3) is 0 Å². The fraction of sp³-hybridized carbons (Fsp3) is 0.667. The molecule has 0 amide bonds. The Morgan fingerprint density at radius 1 is 1.38 bits per heavy atom. The molecule has 0 aliphatic heterocycles. The third-order valence-electron chi connectivity index (χ3n) is 3.12. The molecule has 1 aromatic rings. The summed E-state index contributed by atoms with van der Waals surface area (Å²) in [6, 6.07) is 1.95. The molecule has 0 aliphatic carbocycles. The van der Waals surface area contributed by atoms with E-state index in [1.54, 1.807) is 12.5 Å². The minimum absolute atomic E-state index is 0.368. The molecule has 3 nitrogen and oxygen atoms in total. The lowest BCUT2D eigenvalue weighted by molar-refractivity contribution is 0.492. The van der Waals surface area contributed by atoms with Gasteiger partial charge in [-0.15, -0.1) is 0 Å². The Balaban J connectivity index is 2.39. The zero-order chi connectivity index (χ0) is 11.9. The third kappa shape index (κ3) is 3.76. The topological polar surface area (TPSA) is 37.8 Å². The molecular formula is C12H21N3S. The highest BCUT2D eigenvalue weighted by Gasteiger charge is 2.23. The highest BCUT2D eigenvalue weighted by Crippen LogP contribution is 2.29. The van der Waals surface area contributed by atoms with Gasteiger partial charge in [0.05, 0.1) is 5.69 Å². The van der Waals surface area contributed by atoms with Crippen molar-refractivity contribution in [3.63, 3.8) is 0 Å². The minimum Gasteiger partial charge on any atom is -0.310 e. The normalized spacial score (nSPS) is 11.7. The first-order valence-corrected chi connectivity index (χ1v) is 6.99. The predicted molar refractivity (Wildman–Crippen MR) is 70.6 cm³/mol. The highest BCUT2D eigenvalue weighted by molar-refractivity contribution is 8.00. The average Bonchev–Trinajstić information content (AvgIpc) is 2.37. The van der Waals surface area contributed by atoms with Gasteiger partial charge in [-0.1, -0.05) is 13.8 Å². The Labute approximate surface area is 102 Å². The van der Waals surface area contributed by atoms with Crippen molar-refractivity contribution in [2.45, 2.75) is 38.0 Å². The van der Waals surface area contributed by atoms with Crippen LogP contribution in [0.5, 0.6) is 0 Å². The summed E-state index contributed by atoms with van der Waals surface area (Å²) in [6.07, 6.45) is 7.96. The van der Waals surface area contributed by atoms with Crippen molar-refractivity contribution in [1.82, 2.24) is 15.3 Å². The SMILES string of the molecule is CCC(CC)(CNCc1ccncn1)SC. The summed E-state index contributed by atoms with van der Waals surface area (Å²) in [6.45, 7) is 6.37. The number of rotatable bonds is 7. The van der Waals surface area contributed by atoms with Crippen LogP contribution >= 0.6 is 11.8 Å². The Morgan fingerprint density at radius 3 is 2.62 bits per heavy atom. The van der Waals surface area contributed by atoms with E-state index in [0.717, 1.165) is 18.8 Å². The van der Waals surface area contributed by atoms with Crippen molar-refractivity contribution in [3.8, 4) is 0 Å². The lowest BCUT2D eigenvalue weighted by Crippen LogP contribution is -2.36. The minimum atomic E-state index is 0.368. The molecule has 0 saturated carbocycles. The summed E-state index contributed by atoms with van der Waals surface area (Å²) in [7, 11) is 0. The first kappa shape index (κ1) is 13.5. The standard InChI is InChI=1S/C12H21N3S/c1-4-12(5-2,16-3)9-14-8-11-6-7-13-10-15-11/h6-7,10,14H,4-5,8-9H2,1-3H3. The van der Waals surface area contributed by atoms with Crippen molar-refractivity contribution >= 4 is 11.8 Å². The maximum Gasteiger partial charge on any atom is 0.115 e. The second kappa shape index (κ2) is 6.86. The summed E-state index contributed by atoms with van der Waals surface area (Å²) in [5, 5.41) is 3.48. The molecule has 0 radical (unpaired) electrons. The number of hydrogen-bond donors (Lipinski definition) is 1. The molecule has 1 rings (SSSR count). The molecule has 1 heterocycles. The van der Waals surface area contributed by atoms with E-state index in [0.29, 0.717) is 4.75 Å². The number of thioether (sulfide) groups is 1. The molecule has 1 N–H and O–H groups in total. The van der Waals surface area contributed by atoms with Gasteiger partial charge in [-0.05, 0) is 25.2 Å². The Kier molecular flexibility index (Phi) is 5.77. The summed E-state index contributed by atoms with van der Waals surface area (Å²) in [4.78, 5) is 8.10. The fourth-order valence-corrected chi connectivity index (χ4v) is 2.53. The molecule has 0 fully saturated rings. The van der Waals surface area contributed by atoms with Gasteiger partial charge in [0.2, 0.25) is 0 Å². The van der Waals surface area contributed by atoms with E-state index in [1.807, 2.05) is 17.8 Å². The van der Waals surface area contributed by atoms with Crippen molar-refractivity contribution in [2.75, 3.05) is 12.8 Å². The van der Waals surface area contributed by atoms with Crippen LogP contribution in [-0.4, -0.2) is 27.5 Å². The summed E-state index contributed by atoms with van der Waals surface area (Å²) >= 11 is 1.96. The molecule has 4 heteroatoms. The van der Waals surface area contributed by atoms with E-state index in [2.05, 4.69) is 35.4 Å². The maximum atomic E-state index is 4.20. The molecule has 0 bridgehead atoms. The van der Waals surface area contributed by atoms with E-state index in [-0.39, 0.29) is 0 Å². The third-order valence-corrected chi connectivity index (χ3v) is 4.71. The molecule has 1 aromatic heterocycles. The first-order chi connectivity index (χ1) is 7.76. The summed E-state index contributed by atoms with van der Waals surface area (Å²) < 4.78 is 0.368. The summed E-state index contributed by atoms with van der Waals surface area (Å²) in [5.74, 6) is 0. The van der Waals surface area contributed by atoms with Crippen LogP contribution in [0.1, 0.15) is 32.4 Å². The molecule has 0 spiro atoms. The first-order valence-electron chi connectivity index (χ1n) is 5.77. The molecule has 90 valence electrons. The van der Waals surface area contributed by atoms with Gasteiger partial charge in [-0.3, -0.25) is 0 Å². The fourth-order valence-electron chi connectivity index (χ4n) is 1.70. The molecular weight excluding hydrogens is 218 g/mol. The van der Waals surface area contributed by atoms with E-state index >= 15 is 0 Å². The molecule has 0 aromatic carbocycles. The number of nitrogens with one attached hydrogen (secondary N) is 1. The van der Waals surface area contributed by atoms with Crippen molar-refractivity contribution in [3.05, 3.63) is 24.3 Å². The zero-order valence-electron chi connectivity index (χ0n) is 10.4. The second-order valence-electron chi connectivity index (χ2n) is 3.90. The molecule has 0 atom stereocenters. The van der Waals surface area contributed by atoms with E-state index in [4.69, 9.17) is 0 Å². The largest absolute Gasteiger partial charge is 0.310 e. The quantitative estimate of drug-likeness (QED) is 0.793. The van der Waals surface area contributed by atoms with Crippen molar-refractivity contribution < 1.29 is 0 Å². The van der Waals surface area contributed by atoms with E-state index < -0.39 is 0 Å². The van der Waals surface area contributed by atoms with Gasteiger partial charge in [0.15, 0.2) is 0 Å². The Morgan fingerprint density at radius 2 is 2.12 bits per heavy atom. The Bertz CT molecular complexity index is 277. The van der Waals surface area contributed by atoms with E-state index in [1.165, 1.54) is 12.8 Å².